The SMILES string of the molecule is NC(=O)C1CN(Cc2ccccc2)CCN1Cc1ccccc1OCCN1CCCC1. The zero-order chi connectivity index (χ0) is 21.5. The second-order valence-electron chi connectivity index (χ2n) is 8.61. The predicted octanol–water partition coefficient (Wildman–Crippen LogP) is 2.33. The van der Waals surface area contributed by atoms with Crippen LogP contribution in [0.1, 0.15) is 24.0 Å². The number of amides is 1. The van der Waals surface area contributed by atoms with Crippen molar-refractivity contribution >= 4 is 5.91 Å². The minimum atomic E-state index is -0.296. The Labute approximate surface area is 185 Å². The molecule has 2 aromatic carbocycles. The lowest BCUT2D eigenvalue weighted by molar-refractivity contribution is -0.126. The highest BCUT2D eigenvalue weighted by molar-refractivity contribution is 5.80. The van der Waals surface area contributed by atoms with E-state index in [9.17, 15) is 4.79 Å². The Morgan fingerprint density at radius 3 is 2.42 bits per heavy atom. The van der Waals surface area contributed by atoms with E-state index < -0.39 is 0 Å². The van der Waals surface area contributed by atoms with Crippen LogP contribution in [-0.2, 0) is 17.9 Å². The van der Waals surface area contributed by atoms with Crippen LogP contribution in [-0.4, -0.2) is 72.5 Å². The molecule has 2 heterocycles. The molecular weight excluding hydrogens is 388 g/mol. The third-order valence-electron chi connectivity index (χ3n) is 6.36. The van der Waals surface area contributed by atoms with Gasteiger partial charge in [0.1, 0.15) is 18.4 Å². The van der Waals surface area contributed by atoms with Crippen molar-refractivity contribution < 1.29 is 9.53 Å². The molecule has 4 rings (SSSR count). The molecule has 1 unspecified atom stereocenters. The molecule has 2 N–H and O–H groups in total. The van der Waals surface area contributed by atoms with Crippen molar-refractivity contribution in [3.05, 3.63) is 65.7 Å². The van der Waals surface area contributed by atoms with Crippen LogP contribution in [0.2, 0.25) is 0 Å². The van der Waals surface area contributed by atoms with Gasteiger partial charge in [-0.3, -0.25) is 19.5 Å². The van der Waals surface area contributed by atoms with Gasteiger partial charge in [0.05, 0.1) is 0 Å². The Hall–Kier alpha value is -2.41. The molecule has 0 aliphatic carbocycles. The zero-order valence-electron chi connectivity index (χ0n) is 18.3. The first-order chi connectivity index (χ1) is 15.2. The quantitative estimate of drug-likeness (QED) is 0.672. The summed E-state index contributed by atoms with van der Waals surface area (Å²) in [4.78, 5) is 19.3. The normalized spacial score (nSPS) is 20.7. The van der Waals surface area contributed by atoms with Crippen LogP contribution in [0.25, 0.3) is 0 Å². The number of rotatable bonds is 9. The molecule has 1 amide bonds. The highest BCUT2D eigenvalue weighted by Crippen LogP contribution is 2.23. The van der Waals surface area contributed by atoms with Crippen LogP contribution >= 0.6 is 0 Å². The summed E-state index contributed by atoms with van der Waals surface area (Å²) in [6.07, 6.45) is 2.59. The van der Waals surface area contributed by atoms with E-state index in [1.54, 1.807) is 0 Å². The molecule has 0 bridgehead atoms. The second-order valence-corrected chi connectivity index (χ2v) is 8.61. The van der Waals surface area contributed by atoms with Crippen LogP contribution in [0.4, 0.5) is 0 Å². The number of carbonyl (C=O) groups is 1. The summed E-state index contributed by atoms with van der Waals surface area (Å²) in [7, 11) is 0. The van der Waals surface area contributed by atoms with Gasteiger partial charge in [-0.05, 0) is 37.6 Å². The van der Waals surface area contributed by atoms with Gasteiger partial charge in [0, 0.05) is 44.8 Å². The molecule has 0 saturated carbocycles. The molecule has 2 saturated heterocycles. The van der Waals surface area contributed by atoms with Gasteiger partial charge in [-0.2, -0.15) is 0 Å². The molecule has 2 aromatic rings. The molecule has 6 heteroatoms. The molecular formula is C25H34N4O2. The van der Waals surface area contributed by atoms with E-state index in [0.29, 0.717) is 19.7 Å². The smallest absolute Gasteiger partial charge is 0.236 e. The van der Waals surface area contributed by atoms with Gasteiger partial charge in [0.25, 0.3) is 0 Å². The van der Waals surface area contributed by atoms with Crippen molar-refractivity contribution in [2.24, 2.45) is 5.73 Å². The number of nitrogens with zero attached hydrogens (tertiary/aromatic N) is 3. The first-order valence-corrected chi connectivity index (χ1v) is 11.4. The Morgan fingerprint density at radius 1 is 0.903 bits per heavy atom. The van der Waals surface area contributed by atoms with Crippen LogP contribution < -0.4 is 10.5 Å². The number of para-hydroxylation sites is 1. The van der Waals surface area contributed by atoms with Gasteiger partial charge in [-0.1, -0.05) is 48.5 Å². The number of piperazine rings is 1. The number of nitrogens with two attached hydrogens (primary N) is 1. The lowest BCUT2D eigenvalue weighted by atomic mass is 10.1. The third-order valence-corrected chi connectivity index (χ3v) is 6.36. The van der Waals surface area contributed by atoms with Crippen molar-refractivity contribution in [2.45, 2.75) is 32.0 Å². The van der Waals surface area contributed by atoms with Gasteiger partial charge in [0.15, 0.2) is 0 Å². The van der Waals surface area contributed by atoms with Crippen LogP contribution in [0, 0.1) is 0 Å². The van der Waals surface area contributed by atoms with Gasteiger partial charge >= 0.3 is 0 Å². The van der Waals surface area contributed by atoms with Crippen LogP contribution in [0.5, 0.6) is 5.75 Å². The Bertz CT molecular complexity index is 838. The first-order valence-electron chi connectivity index (χ1n) is 11.4. The highest BCUT2D eigenvalue weighted by Gasteiger charge is 2.31. The second kappa shape index (κ2) is 10.8. The summed E-state index contributed by atoms with van der Waals surface area (Å²) < 4.78 is 6.14. The van der Waals surface area contributed by atoms with Crippen molar-refractivity contribution in [3.63, 3.8) is 0 Å². The fourth-order valence-electron chi connectivity index (χ4n) is 4.61. The number of hydrogen-bond donors (Lipinski definition) is 1. The largest absolute Gasteiger partial charge is 0.492 e. The van der Waals surface area contributed by atoms with Crippen LogP contribution in [0.3, 0.4) is 0 Å². The maximum atomic E-state index is 12.3. The van der Waals surface area contributed by atoms with E-state index in [1.807, 2.05) is 24.3 Å². The summed E-state index contributed by atoms with van der Waals surface area (Å²) in [6, 6.07) is 18.3. The van der Waals surface area contributed by atoms with Crippen molar-refractivity contribution in [2.75, 3.05) is 45.9 Å². The summed E-state index contributed by atoms with van der Waals surface area (Å²) >= 11 is 0. The maximum absolute atomic E-state index is 12.3. The lowest BCUT2D eigenvalue weighted by Crippen LogP contribution is -2.57. The number of likely N-dealkylation sites (tertiary alicyclic amines) is 1. The lowest BCUT2D eigenvalue weighted by Gasteiger charge is -2.40. The molecule has 0 spiro atoms. The maximum Gasteiger partial charge on any atom is 0.236 e. The molecule has 0 aromatic heterocycles. The molecule has 2 aliphatic heterocycles. The monoisotopic (exact) mass is 422 g/mol. The first kappa shape index (κ1) is 21.8. The van der Waals surface area contributed by atoms with E-state index in [0.717, 1.165) is 37.5 Å². The third kappa shape index (κ3) is 6.06. The van der Waals surface area contributed by atoms with E-state index in [4.69, 9.17) is 10.5 Å². The number of benzene rings is 2. The molecule has 166 valence electrons. The summed E-state index contributed by atoms with van der Waals surface area (Å²) in [5.74, 6) is 0.654. The number of carbonyl (C=O) groups excluding carboxylic acids is 1. The number of primary amides is 1. The number of hydrogen-bond acceptors (Lipinski definition) is 5. The predicted molar refractivity (Wildman–Crippen MR) is 123 cm³/mol. The highest BCUT2D eigenvalue weighted by atomic mass is 16.5. The van der Waals surface area contributed by atoms with Crippen molar-refractivity contribution in [3.8, 4) is 5.75 Å². The molecule has 1 atom stereocenters. The average molecular weight is 423 g/mol. The van der Waals surface area contributed by atoms with E-state index in [1.165, 1.54) is 31.5 Å². The zero-order valence-corrected chi connectivity index (χ0v) is 18.3. The standard InChI is InChI=1S/C25H34N4O2/c26-25(30)23-20-28(18-21-8-2-1-3-9-21)14-15-29(23)19-22-10-4-5-11-24(22)31-17-16-27-12-6-7-13-27/h1-5,8-11,23H,6-7,12-20H2,(H2,26,30). The van der Waals surface area contributed by atoms with Gasteiger partial charge < -0.3 is 10.5 Å². The topological polar surface area (TPSA) is 62.0 Å². The molecule has 2 aliphatic rings. The van der Waals surface area contributed by atoms with E-state index >= 15 is 0 Å². The molecule has 6 nitrogen and oxygen atoms in total. The van der Waals surface area contributed by atoms with E-state index in [2.05, 4.69) is 45.0 Å². The fourth-order valence-corrected chi connectivity index (χ4v) is 4.61. The Morgan fingerprint density at radius 2 is 1.65 bits per heavy atom. The van der Waals surface area contributed by atoms with Crippen molar-refractivity contribution in [1.82, 2.24) is 14.7 Å². The minimum absolute atomic E-state index is 0.259. The minimum Gasteiger partial charge on any atom is -0.492 e. The Kier molecular flexibility index (Phi) is 7.57. The van der Waals surface area contributed by atoms with Gasteiger partial charge in [0.2, 0.25) is 5.91 Å². The van der Waals surface area contributed by atoms with Gasteiger partial charge in [-0.25, -0.2) is 0 Å². The number of ether oxygens (including phenoxy) is 1. The molecule has 0 radical (unpaired) electrons. The average Bonchev–Trinajstić information content (AvgIpc) is 3.30. The molecule has 2 fully saturated rings. The van der Waals surface area contributed by atoms with E-state index in [-0.39, 0.29) is 11.9 Å². The van der Waals surface area contributed by atoms with Crippen LogP contribution in [0.15, 0.2) is 54.6 Å². The van der Waals surface area contributed by atoms with Crippen molar-refractivity contribution in [1.29, 1.82) is 0 Å². The van der Waals surface area contributed by atoms with Gasteiger partial charge in [-0.15, -0.1) is 0 Å². The summed E-state index contributed by atoms with van der Waals surface area (Å²) in [6.45, 7) is 7.91. The summed E-state index contributed by atoms with van der Waals surface area (Å²) in [5, 5.41) is 0. The fraction of sp³-hybridized carbons (Fsp3) is 0.480. The molecule has 31 heavy (non-hydrogen) atoms. The Balaban J connectivity index is 1.36. The summed E-state index contributed by atoms with van der Waals surface area (Å²) in [5.41, 5.74) is 8.19.